The number of ether oxygens (including phenoxy) is 1. The molecule has 0 bridgehead atoms. The van der Waals surface area contributed by atoms with Crippen LogP contribution in [-0.4, -0.2) is 6.10 Å². The molecule has 2 nitrogen and oxygen atoms in total. The molecule has 66 valence electrons. The van der Waals surface area contributed by atoms with Gasteiger partial charge in [-0.25, -0.2) is 4.39 Å². The second-order valence-corrected chi connectivity index (χ2v) is 3.07. The fraction of sp³-hybridized carbons (Fsp3) is 0.300. The fourth-order valence-electron chi connectivity index (χ4n) is 1.06. The highest BCUT2D eigenvalue weighted by molar-refractivity contribution is 5.43. The van der Waals surface area contributed by atoms with Gasteiger partial charge in [0.2, 0.25) is 0 Å². The molecule has 1 saturated carbocycles. The first-order valence-electron chi connectivity index (χ1n) is 4.16. The Hall–Kier alpha value is -1.56. The Morgan fingerprint density at radius 3 is 2.85 bits per heavy atom. The predicted molar refractivity (Wildman–Crippen MR) is 44.8 cm³/mol. The van der Waals surface area contributed by atoms with Crippen molar-refractivity contribution in [3.63, 3.8) is 0 Å². The number of nitrogens with zero attached hydrogens (tertiary/aromatic N) is 1. The quantitative estimate of drug-likeness (QED) is 0.694. The molecule has 0 saturated heterocycles. The molecule has 1 aromatic rings. The van der Waals surface area contributed by atoms with Crippen LogP contribution in [0.25, 0.3) is 0 Å². The van der Waals surface area contributed by atoms with Crippen LogP contribution in [0.5, 0.6) is 5.75 Å². The third-order valence-electron chi connectivity index (χ3n) is 1.88. The Labute approximate surface area is 75.6 Å². The number of benzene rings is 1. The third-order valence-corrected chi connectivity index (χ3v) is 1.88. The van der Waals surface area contributed by atoms with Gasteiger partial charge in [-0.05, 0) is 31.0 Å². The van der Waals surface area contributed by atoms with Crippen LogP contribution in [0.1, 0.15) is 18.4 Å². The molecule has 13 heavy (non-hydrogen) atoms. The van der Waals surface area contributed by atoms with Gasteiger partial charge in [-0.3, -0.25) is 0 Å². The van der Waals surface area contributed by atoms with Gasteiger partial charge in [0, 0.05) is 0 Å². The standard InChI is InChI=1S/C10H8FNO/c11-8-1-4-10(7(5-8)6-12)13-9-2-3-9/h1,4-5,9H,2-3H2. The molecule has 3 heteroatoms. The van der Waals surface area contributed by atoms with Gasteiger partial charge in [-0.15, -0.1) is 0 Å². The van der Waals surface area contributed by atoms with E-state index in [1.54, 1.807) is 0 Å². The monoisotopic (exact) mass is 177 g/mol. The number of rotatable bonds is 2. The molecule has 2 rings (SSSR count). The van der Waals surface area contributed by atoms with Crippen molar-refractivity contribution in [2.24, 2.45) is 0 Å². The summed E-state index contributed by atoms with van der Waals surface area (Å²) in [6.07, 6.45) is 2.29. The molecule has 1 fully saturated rings. The molecule has 0 atom stereocenters. The van der Waals surface area contributed by atoms with Crippen LogP contribution >= 0.6 is 0 Å². The first kappa shape index (κ1) is 8.06. The molecular weight excluding hydrogens is 169 g/mol. The summed E-state index contributed by atoms with van der Waals surface area (Å²) in [5, 5.41) is 8.68. The Morgan fingerprint density at radius 1 is 1.46 bits per heavy atom. The molecule has 0 aliphatic heterocycles. The molecule has 0 spiro atoms. The average Bonchev–Trinajstić information content (AvgIpc) is 2.92. The summed E-state index contributed by atoms with van der Waals surface area (Å²) < 4.78 is 18.1. The summed E-state index contributed by atoms with van der Waals surface area (Å²) in [7, 11) is 0. The van der Waals surface area contributed by atoms with Crippen LogP contribution in [0.15, 0.2) is 18.2 Å². The summed E-state index contributed by atoms with van der Waals surface area (Å²) in [6.45, 7) is 0. The zero-order valence-electron chi connectivity index (χ0n) is 6.96. The molecule has 0 heterocycles. The van der Waals surface area contributed by atoms with Crippen LogP contribution in [0.3, 0.4) is 0 Å². The van der Waals surface area contributed by atoms with E-state index in [0.717, 1.165) is 12.8 Å². The lowest BCUT2D eigenvalue weighted by molar-refractivity contribution is 0.302. The number of halogens is 1. The van der Waals surface area contributed by atoms with Gasteiger partial charge in [-0.2, -0.15) is 5.26 Å². The molecule has 0 unspecified atom stereocenters. The Balaban J connectivity index is 2.27. The number of hydrogen-bond donors (Lipinski definition) is 0. The van der Waals surface area contributed by atoms with E-state index in [-0.39, 0.29) is 11.7 Å². The van der Waals surface area contributed by atoms with E-state index in [2.05, 4.69) is 0 Å². The first-order chi connectivity index (χ1) is 6.29. The van der Waals surface area contributed by atoms with Gasteiger partial charge in [-0.1, -0.05) is 0 Å². The minimum absolute atomic E-state index is 0.234. The largest absolute Gasteiger partial charge is 0.489 e. The van der Waals surface area contributed by atoms with Crippen LogP contribution in [-0.2, 0) is 0 Å². The van der Waals surface area contributed by atoms with E-state index in [1.165, 1.54) is 18.2 Å². The van der Waals surface area contributed by atoms with Crippen molar-refractivity contribution in [3.05, 3.63) is 29.6 Å². The van der Waals surface area contributed by atoms with E-state index in [4.69, 9.17) is 10.00 Å². The van der Waals surface area contributed by atoms with E-state index < -0.39 is 5.82 Å². The summed E-state index contributed by atoms with van der Waals surface area (Å²) >= 11 is 0. The molecule has 1 aliphatic rings. The lowest BCUT2D eigenvalue weighted by atomic mass is 10.2. The summed E-state index contributed by atoms with van der Waals surface area (Å²) in [4.78, 5) is 0. The van der Waals surface area contributed by atoms with E-state index >= 15 is 0 Å². The van der Waals surface area contributed by atoms with Gasteiger partial charge < -0.3 is 4.74 Å². The molecule has 0 radical (unpaired) electrons. The Morgan fingerprint density at radius 2 is 2.23 bits per heavy atom. The number of hydrogen-bond acceptors (Lipinski definition) is 2. The zero-order valence-corrected chi connectivity index (χ0v) is 6.96. The zero-order chi connectivity index (χ0) is 9.26. The highest BCUT2D eigenvalue weighted by Gasteiger charge is 2.24. The van der Waals surface area contributed by atoms with Crippen LogP contribution in [0.4, 0.5) is 4.39 Å². The molecule has 0 aromatic heterocycles. The summed E-state index contributed by atoms with van der Waals surface area (Å²) in [5.41, 5.74) is 0.270. The average molecular weight is 177 g/mol. The molecule has 0 N–H and O–H groups in total. The van der Waals surface area contributed by atoms with E-state index in [1.807, 2.05) is 6.07 Å². The molecule has 0 amide bonds. The maximum absolute atomic E-state index is 12.7. The smallest absolute Gasteiger partial charge is 0.137 e. The Kier molecular flexibility index (Phi) is 1.90. The Bertz CT molecular complexity index is 366. The normalized spacial score (nSPS) is 15.1. The van der Waals surface area contributed by atoms with Crippen molar-refractivity contribution < 1.29 is 9.13 Å². The SMILES string of the molecule is N#Cc1cc(F)ccc1OC1CC1. The predicted octanol–water partition coefficient (Wildman–Crippen LogP) is 2.24. The van der Waals surface area contributed by atoms with Gasteiger partial charge >= 0.3 is 0 Å². The van der Waals surface area contributed by atoms with E-state index in [0.29, 0.717) is 5.75 Å². The van der Waals surface area contributed by atoms with Crippen LogP contribution in [0, 0.1) is 17.1 Å². The first-order valence-corrected chi connectivity index (χ1v) is 4.16. The van der Waals surface area contributed by atoms with Gasteiger partial charge in [0.05, 0.1) is 11.7 Å². The second kappa shape index (κ2) is 3.06. The van der Waals surface area contributed by atoms with Crippen molar-refractivity contribution in [1.29, 1.82) is 5.26 Å². The summed E-state index contributed by atoms with van der Waals surface area (Å²) in [5.74, 6) is 0.0890. The van der Waals surface area contributed by atoms with Crippen molar-refractivity contribution in [2.45, 2.75) is 18.9 Å². The second-order valence-electron chi connectivity index (χ2n) is 3.07. The van der Waals surface area contributed by atoms with Gasteiger partial charge in [0.15, 0.2) is 0 Å². The minimum Gasteiger partial charge on any atom is -0.489 e. The van der Waals surface area contributed by atoms with Crippen molar-refractivity contribution in [3.8, 4) is 11.8 Å². The lowest BCUT2D eigenvalue weighted by Gasteiger charge is -2.05. The van der Waals surface area contributed by atoms with Crippen molar-refractivity contribution in [2.75, 3.05) is 0 Å². The molecule has 1 aliphatic carbocycles. The minimum atomic E-state index is -0.403. The van der Waals surface area contributed by atoms with Crippen molar-refractivity contribution in [1.82, 2.24) is 0 Å². The van der Waals surface area contributed by atoms with Gasteiger partial charge in [0.25, 0.3) is 0 Å². The maximum atomic E-state index is 12.7. The highest BCUT2D eigenvalue weighted by atomic mass is 19.1. The summed E-state index contributed by atoms with van der Waals surface area (Å²) in [6, 6.07) is 5.91. The maximum Gasteiger partial charge on any atom is 0.137 e. The van der Waals surface area contributed by atoms with Gasteiger partial charge in [0.1, 0.15) is 17.6 Å². The lowest BCUT2D eigenvalue weighted by Crippen LogP contribution is -1.98. The van der Waals surface area contributed by atoms with Crippen LogP contribution < -0.4 is 4.74 Å². The number of nitriles is 1. The van der Waals surface area contributed by atoms with E-state index in [9.17, 15) is 4.39 Å². The molecular formula is C10H8FNO. The van der Waals surface area contributed by atoms with Crippen LogP contribution in [0.2, 0.25) is 0 Å². The third kappa shape index (κ3) is 1.78. The molecule has 1 aromatic carbocycles. The fourth-order valence-corrected chi connectivity index (χ4v) is 1.06. The van der Waals surface area contributed by atoms with Crippen molar-refractivity contribution >= 4 is 0 Å². The topological polar surface area (TPSA) is 33.0 Å². The highest BCUT2D eigenvalue weighted by Crippen LogP contribution is 2.29.